The Morgan fingerprint density at radius 2 is 2.12 bits per heavy atom. The number of aliphatic carboxylic acids is 1. The van der Waals surface area contributed by atoms with Gasteiger partial charge in [0, 0.05) is 6.54 Å². The molecule has 0 spiro atoms. The van der Waals surface area contributed by atoms with E-state index in [9.17, 15) is 14.7 Å². The van der Waals surface area contributed by atoms with Crippen LogP contribution in [0.15, 0.2) is 0 Å². The third kappa shape index (κ3) is 1.59. The average Bonchev–Trinajstić information content (AvgIpc) is 2.15. The van der Waals surface area contributed by atoms with Crippen LogP contribution in [0, 0.1) is 5.41 Å². The van der Waals surface area contributed by atoms with Gasteiger partial charge in [-0.3, -0.25) is 9.59 Å². The van der Waals surface area contributed by atoms with E-state index in [0.29, 0.717) is 32.6 Å². The number of carboxylic acids is 1. The summed E-state index contributed by atoms with van der Waals surface area (Å²) in [5, 5.41) is 9.19. The number of carbonyl (C=O) groups excluding carboxylic acids is 1. The van der Waals surface area contributed by atoms with E-state index in [1.807, 2.05) is 6.92 Å². The molecular formula is C11H17NO4. The Bertz CT molecular complexity index is 311. The van der Waals surface area contributed by atoms with Crippen molar-refractivity contribution in [2.45, 2.75) is 32.2 Å². The SMILES string of the molecule is CC1COCCN1C(=O)C1(C(=O)O)CCC1. The van der Waals surface area contributed by atoms with Crippen LogP contribution in [-0.2, 0) is 14.3 Å². The number of amides is 1. The first-order chi connectivity index (χ1) is 7.58. The van der Waals surface area contributed by atoms with Gasteiger partial charge in [-0.05, 0) is 19.8 Å². The second-order valence-corrected chi connectivity index (χ2v) is 4.66. The largest absolute Gasteiger partial charge is 0.480 e. The molecule has 1 atom stereocenters. The average molecular weight is 227 g/mol. The summed E-state index contributed by atoms with van der Waals surface area (Å²) in [4.78, 5) is 25.1. The van der Waals surface area contributed by atoms with Crippen molar-refractivity contribution in [2.24, 2.45) is 5.41 Å². The molecule has 90 valence electrons. The number of morpholine rings is 1. The van der Waals surface area contributed by atoms with Crippen LogP contribution in [0.3, 0.4) is 0 Å². The van der Waals surface area contributed by atoms with E-state index in [1.54, 1.807) is 4.90 Å². The molecule has 1 amide bonds. The van der Waals surface area contributed by atoms with E-state index in [4.69, 9.17) is 4.74 Å². The van der Waals surface area contributed by atoms with Crippen molar-refractivity contribution in [3.8, 4) is 0 Å². The van der Waals surface area contributed by atoms with Gasteiger partial charge in [0.25, 0.3) is 0 Å². The fourth-order valence-electron chi connectivity index (χ4n) is 2.35. The van der Waals surface area contributed by atoms with Gasteiger partial charge < -0.3 is 14.7 Å². The van der Waals surface area contributed by atoms with E-state index in [-0.39, 0.29) is 11.9 Å². The molecule has 0 aromatic heterocycles. The molecule has 5 heteroatoms. The molecule has 1 aliphatic heterocycles. The Labute approximate surface area is 94.4 Å². The second kappa shape index (κ2) is 4.05. The third-order valence-electron chi connectivity index (χ3n) is 3.65. The molecule has 0 radical (unpaired) electrons. The van der Waals surface area contributed by atoms with E-state index in [2.05, 4.69) is 0 Å². The van der Waals surface area contributed by atoms with Crippen LogP contribution in [-0.4, -0.2) is 47.7 Å². The zero-order valence-corrected chi connectivity index (χ0v) is 9.44. The second-order valence-electron chi connectivity index (χ2n) is 4.66. The molecule has 0 aromatic rings. The minimum absolute atomic E-state index is 0.0157. The van der Waals surface area contributed by atoms with E-state index in [0.717, 1.165) is 6.42 Å². The molecule has 2 fully saturated rings. The molecule has 1 saturated carbocycles. The molecule has 1 unspecified atom stereocenters. The minimum Gasteiger partial charge on any atom is -0.480 e. The fraction of sp³-hybridized carbons (Fsp3) is 0.818. The molecule has 5 nitrogen and oxygen atoms in total. The predicted octanol–water partition coefficient (Wildman–Crippen LogP) is 0.489. The maximum Gasteiger partial charge on any atom is 0.319 e. The Morgan fingerprint density at radius 1 is 1.44 bits per heavy atom. The van der Waals surface area contributed by atoms with Crippen molar-refractivity contribution in [1.29, 1.82) is 0 Å². The highest BCUT2D eigenvalue weighted by molar-refractivity contribution is 6.03. The summed E-state index contributed by atoms with van der Waals surface area (Å²) in [6.07, 6.45) is 1.78. The molecule has 1 aliphatic carbocycles. The number of hydrogen-bond donors (Lipinski definition) is 1. The topological polar surface area (TPSA) is 66.8 Å². The number of carboxylic acid groups (broad SMARTS) is 1. The first kappa shape index (κ1) is 11.4. The van der Waals surface area contributed by atoms with Crippen molar-refractivity contribution < 1.29 is 19.4 Å². The quantitative estimate of drug-likeness (QED) is 0.697. The van der Waals surface area contributed by atoms with Gasteiger partial charge >= 0.3 is 5.97 Å². The molecule has 2 rings (SSSR count). The lowest BCUT2D eigenvalue weighted by Crippen LogP contribution is -2.57. The normalized spacial score (nSPS) is 28.3. The Hall–Kier alpha value is -1.10. The number of rotatable bonds is 2. The summed E-state index contributed by atoms with van der Waals surface area (Å²) >= 11 is 0. The van der Waals surface area contributed by atoms with Gasteiger partial charge in [0.1, 0.15) is 5.41 Å². The molecule has 1 heterocycles. The molecule has 1 N–H and O–H groups in total. The van der Waals surface area contributed by atoms with Crippen molar-refractivity contribution in [1.82, 2.24) is 4.90 Å². The van der Waals surface area contributed by atoms with Crippen LogP contribution in [0.1, 0.15) is 26.2 Å². The van der Waals surface area contributed by atoms with Gasteiger partial charge in [0.15, 0.2) is 0 Å². The van der Waals surface area contributed by atoms with E-state index >= 15 is 0 Å². The molecule has 2 aliphatic rings. The Balaban J connectivity index is 2.13. The molecule has 0 bridgehead atoms. The summed E-state index contributed by atoms with van der Waals surface area (Å²) in [5.74, 6) is -1.19. The number of hydrogen-bond acceptors (Lipinski definition) is 3. The smallest absolute Gasteiger partial charge is 0.319 e. The van der Waals surface area contributed by atoms with Gasteiger partial charge in [0.2, 0.25) is 5.91 Å². The maximum atomic E-state index is 12.2. The number of carbonyl (C=O) groups is 2. The molecule has 0 aromatic carbocycles. The highest BCUT2D eigenvalue weighted by Gasteiger charge is 2.53. The van der Waals surface area contributed by atoms with Crippen molar-refractivity contribution in [3.63, 3.8) is 0 Å². The first-order valence-corrected chi connectivity index (χ1v) is 5.70. The molecule has 16 heavy (non-hydrogen) atoms. The third-order valence-corrected chi connectivity index (χ3v) is 3.65. The van der Waals surface area contributed by atoms with E-state index < -0.39 is 11.4 Å². The number of nitrogens with zero attached hydrogens (tertiary/aromatic N) is 1. The molecule has 1 saturated heterocycles. The van der Waals surface area contributed by atoms with Gasteiger partial charge in [-0.25, -0.2) is 0 Å². The van der Waals surface area contributed by atoms with Crippen molar-refractivity contribution >= 4 is 11.9 Å². The van der Waals surface area contributed by atoms with Gasteiger partial charge in [-0.2, -0.15) is 0 Å². The lowest BCUT2D eigenvalue weighted by molar-refractivity contribution is -0.171. The zero-order chi connectivity index (χ0) is 11.8. The van der Waals surface area contributed by atoms with Crippen LogP contribution in [0.2, 0.25) is 0 Å². The predicted molar refractivity (Wildman–Crippen MR) is 55.9 cm³/mol. The summed E-state index contributed by atoms with van der Waals surface area (Å²) in [6.45, 7) is 3.41. The van der Waals surface area contributed by atoms with Gasteiger partial charge in [-0.15, -0.1) is 0 Å². The van der Waals surface area contributed by atoms with Gasteiger partial charge in [0.05, 0.1) is 19.3 Å². The Kier molecular flexibility index (Phi) is 2.88. The lowest BCUT2D eigenvalue weighted by atomic mass is 9.67. The molecular weight excluding hydrogens is 210 g/mol. The maximum absolute atomic E-state index is 12.2. The summed E-state index contributed by atoms with van der Waals surface area (Å²) in [6, 6.07) is -0.0157. The van der Waals surface area contributed by atoms with Crippen LogP contribution in [0.25, 0.3) is 0 Å². The summed E-state index contributed by atoms with van der Waals surface area (Å²) in [5.41, 5.74) is -1.13. The first-order valence-electron chi connectivity index (χ1n) is 5.70. The minimum atomic E-state index is -1.13. The highest BCUT2D eigenvalue weighted by Crippen LogP contribution is 2.43. The fourth-order valence-corrected chi connectivity index (χ4v) is 2.35. The van der Waals surface area contributed by atoms with Crippen molar-refractivity contribution in [3.05, 3.63) is 0 Å². The van der Waals surface area contributed by atoms with Crippen LogP contribution < -0.4 is 0 Å². The summed E-state index contributed by atoms with van der Waals surface area (Å²) in [7, 11) is 0. The highest BCUT2D eigenvalue weighted by atomic mass is 16.5. The Morgan fingerprint density at radius 3 is 2.56 bits per heavy atom. The lowest BCUT2D eigenvalue weighted by Gasteiger charge is -2.43. The zero-order valence-electron chi connectivity index (χ0n) is 9.44. The van der Waals surface area contributed by atoms with Crippen LogP contribution >= 0.6 is 0 Å². The van der Waals surface area contributed by atoms with Crippen LogP contribution in [0.4, 0.5) is 0 Å². The van der Waals surface area contributed by atoms with Gasteiger partial charge in [-0.1, -0.05) is 6.42 Å². The van der Waals surface area contributed by atoms with E-state index in [1.165, 1.54) is 0 Å². The van der Waals surface area contributed by atoms with Crippen LogP contribution in [0.5, 0.6) is 0 Å². The standard InChI is InChI=1S/C11H17NO4/c1-8-7-16-6-5-12(8)9(13)11(10(14)15)3-2-4-11/h8H,2-7H2,1H3,(H,14,15). The summed E-state index contributed by atoms with van der Waals surface area (Å²) < 4.78 is 5.25. The monoisotopic (exact) mass is 227 g/mol. The number of ether oxygens (including phenoxy) is 1. The van der Waals surface area contributed by atoms with Crippen molar-refractivity contribution in [2.75, 3.05) is 19.8 Å².